The first-order chi connectivity index (χ1) is 5.79. The van der Waals surface area contributed by atoms with Crippen LogP contribution in [0.25, 0.3) is 10.2 Å². The quantitative estimate of drug-likeness (QED) is 0.727. The van der Waals surface area contributed by atoms with Crippen molar-refractivity contribution in [1.29, 1.82) is 0 Å². The van der Waals surface area contributed by atoms with E-state index in [-0.39, 0.29) is 0 Å². The minimum Gasteiger partial charge on any atom is -0.240 e. The molecule has 0 amide bonds. The lowest BCUT2D eigenvalue weighted by Gasteiger charge is -1.86. The number of halogens is 2. The summed E-state index contributed by atoms with van der Waals surface area (Å²) < 4.78 is 2.35. The fraction of sp³-hybridized carbons (Fsp3) is 0.125. The van der Waals surface area contributed by atoms with Crippen molar-refractivity contribution in [2.75, 3.05) is 0 Å². The Bertz CT molecular complexity index is 410. The second kappa shape index (κ2) is 3.44. The van der Waals surface area contributed by atoms with Gasteiger partial charge in [0.2, 0.25) is 0 Å². The van der Waals surface area contributed by atoms with Crippen LogP contribution in [0.15, 0.2) is 22.7 Å². The molecule has 1 aromatic carbocycles. The Morgan fingerprint density at radius 2 is 2.25 bits per heavy atom. The third-order valence-electron chi connectivity index (χ3n) is 1.51. The van der Waals surface area contributed by atoms with Crippen LogP contribution in [0.5, 0.6) is 0 Å². The van der Waals surface area contributed by atoms with Gasteiger partial charge in [0.05, 0.1) is 15.5 Å². The van der Waals surface area contributed by atoms with Gasteiger partial charge in [0, 0.05) is 4.47 Å². The van der Waals surface area contributed by atoms with Crippen molar-refractivity contribution in [2.45, 2.75) is 5.33 Å². The third kappa shape index (κ3) is 1.56. The summed E-state index contributed by atoms with van der Waals surface area (Å²) in [6.45, 7) is 0. The van der Waals surface area contributed by atoms with Crippen LogP contribution in [0, 0.1) is 0 Å². The summed E-state index contributed by atoms with van der Waals surface area (Å²) in [5.41, 5.74) is 1.08. The Balaban J connectivity index is 2.67. The van der Waals surface area contributed by atoms with Gasteiger partial charge in [-0.3, -0.25) is 0 Å². The molecule has 0 aliphatic rings. The van der Waals surface area contributed by atoms with Crippen LogP contribution in [0.3, 0.4) is 0 Å². The predicted octanol–water partition coefficient (Wildman–Crippen LogP) is 3.95. The van der Waals surface area contributed by atoms with Crippen molar-refractivity contribution in [3.63, 3.8) is 0 Å². The maximum absolute atomic E-state index is 4.42. The van der Waals surface area contributed by atoms with E-state index in [1.165, 1.54) is 4.70 Å². The van der Waals surface area contributed by atoms with Crippen LogP contribution < -0.4 is 0 Å². The first-order valence-electron chi connectivity index (χ1n) is 3.40. The van der Waals surface area contributed by atoms with Crippen molar-refractivity contribution in [3.05, 3.63) is 27.7 Å². The summed E-state index contributed by atoms with van der Waals surface area (Å²) in [6.07, 6.45) is 0. The van der Waals surface area contributed by atoms with E-state index in [0.29, 0.717) is 0 Å². The SMILES string of the molecule is BrCc1nc2ccc(Br)cc2s1. The van der Waals surface area contributed by atoms with Gasteiger partial charge in [0.15, 0.2) is 0 Å². The minimum atomic E-state index is 0.837. The fourth-order valence-electron chi connectivity index (χ4n) is 1.00. The summed E-state index contributed by atoms with van der Waals surface area (Å²) in [6, 6.07) is 6.14. The van der Waals surface area contributed by atoms with E-state index in [1.807, 2.05) is 12.1 Å². The standard InChI is InChI=1S/C8H5Br2NS/c9-4-8-11-6-2-1-5(10)3-7(6)12-8/h1-3H,4H2. The lowest BCUT2D eigenvalue weighted by molar-refractivity contribution is 1.32. The Kier molecular flexibility index (Phi) is 2.48. The van der Waals surface area contributed by atoms with E-state index >= 15 is 0 Å². The minimum absolute atomic E-state index is 0.837. The van der Waals surface area contributed by atoms with Gasteiger partial charge in [0.1, 0.15) is 5.01 Å². The molecule has 1 aromatic heterocycles. The van der Waals surface area contributed by atoms with Crippen LogP contribution in [0.2, 0.25) is 0 Å². The number of hydrogen-bond donors (Lipinski definition) is 0. The first kappa shape index (κ1) is 8.66. The molecule has 62 valence electrons. The van der Waals surface area contributed by atoms with Gasteiger partial charge in [-0.15, -0.1) is 11.3 Å². The maximum atomic E-state index is 4.42. The third-order valence-corrected chi connectivity index (χ3v) is 3.92. The first-order valence-corrected chi connectivity index (χ1v) is 6.13. The lowest BCUT2D eigenvalue weighted by atomic mass is 10.3. The molecule has 1 heterocycles. The van der Waals surface area contributed by atoms with Crippen LogP contribution in [-0.2, 0) is 5.33 Å². The molecule has 1 nitrogen and oxygen atoms in total. The van der Waals surface area contributed by atoms with Crippen LogP contribution in [-0.4, -0.2) is 4.98 Å². The Hall–Kier alpha value is 0.0700. The normalized spacial score (nSPS) is 10.8. The zero-order valence-corrected chi connectivity index (χ0v) is 10.0. The Labute approximate surface area is 91.1 Å². The number of alkyl halides is 1. The second-order valence-corrected chi connectivity index (χ2v) is 4.94. The van der Waals surface area contributed by atoms with Gasteiger partial charge in [-0.05, 0) is 18.2 Å². The van der Waals surface area contributed by atoms with Crippen LogP contribution >= 0.6 is 43.2 Å². The summed E-state index contributed by atoms with van der Waals surface area (Å²) in [5, 5.41) is 1.97. The molecule has 0 bridgehead atoms. The molecule has 0 unspecified atom stereocenters. The highest BCUT2D eigenvalue weighted by atomic mass is 79.9. The lowest BCUT2D eigenvalue weighted by Crippen LogP contribution is -1.71. The Morgan fingerprint density at radius 1 is 1.42 bits per heavy atom. The summed E-state index contributed by atoms with van der Waals surface area (Å²) in [4.78, 5) is 4.42. The van der Waals surface area contributed by atoms with Crippen molar-refractivity contribution in [3.8, 4) is 0 Å². The van der Waals surface area contributed by atoms with E-state index in [1.54, 1.807) is 11.3 Å². The fourth-order valence-corrected chi connectivity index (χ4v) is 2.84. The average Bonchev–Trinajstić information content (AvgIpc) is 2.46. The molecule has 0 aliphatic carbocycles. The summed E-state index contributed by atoms with van der Waals surface area (Å²) in [7, 11) is 0. The van der Waals surface area contributed by atoms with Crippen molar-refractivity contribution >= 4 is 53.4 Å². The molecule has 0 N–H and O–H groups in total. The highest BCUT2D eigenvalue weighted by Gasteiger charge is 2.01. The highest BCUT2D eigenvalue weighted by molar-refractivity contribution is 9.10. The largest absolute Gasteiger partial charge is 0.240 e. The predicted molar refractivity (Wildman–Crippen MR) is 60.0 cm³/mol. The molecule has 0 aliphatic heterocycles. The van der Waals surface area contributed by atoms with Crippen LogP contribution in [0.4, 0.5) is 0 Å². The van der Waals surface area contributed by atoms with Crippen LogP contribution in [0.1, 0.15) is 5.01 Å². The Morgan fingerprint density at radius 3 is 3.00 bits per heavy atom. The molecule has 0 spiro atoms. The van der Waals surface area contributed by atoms with Gasteiger partial charge in [-0.25, -0.2) is 4.98 Å². The number of aromatic nitrogens is 1. The number of rotatable bonds is 1. The van der Waals surface area contributed by atoms with E-state index < -0.39 is 0 Å². The monoisotopic (exact) mass is 305 g/mol. The smallest absolute Gasteiger partial charge is 0.104 e. The van der Waals surface area contributed by atoms with Gasteiger partial charge in [-0.2, -0.15) is 0 Å². The molecular weight excluding hydrogens is 302 g/mol. The number of nitrogens with zero attached hydrogens (tertiary/aromatic N) is 1. The van der Waals surface area contributed by atoms with Gasteiger partial charge in [-0.1, -0.05) is 31.9 Å². The molecular formula is C8H5Br2NS. The number of benzene rings is 1. The number of thiazole rings is 1. The molecule has 0 fully saturated rings. The van der Waals surface area contributed by atoms with Gasteiger partial charge < -0.3 is 0 Å². The average molecular weight is 307 g/mol. The molecule has 0 atom stereocenters. The van der Waals surface area contributed by atoms with E-state index in [0.717, 1.165) is 20.3 Å². The number of fused-ring (bicyclic) bond motifs is 1. The van der Waals surface area contributed by atoms with E-state index in [4.69, 9.17) is 0 Å². The summed E-state index contributed by atoms with van der Waals surface area (Å²) in [5.74, 6) is 0. The zero-order valence-electron chi connectivity index (χ0n) is 6.05. The molecule has 2 rings (SSSR count). The second-order valence-electron chi connectivity index (χ2n) is 2.35. The molecule has 0 saturated carbocycles. The highest BCUT2D eigenvalue weighted by Crippen LogP contribution is 2.26. The maximum Gasteiger partial charge on any atom is 0.104 e. The van der Waals surface area contributed by atoms with Crippen molar-refractivity contribution in [2.24, 2.45) is 0 Å². The van der Waals surface area contributed by atoms with E-state index in [9.17, 15) is 0 Å². The van der Waals surface area contributed by atoms with Gasteiger partial charge in [0.25, 0.3) is 0 Å². The topological polar surface area (TPSA) is 12.9 Å². The number of hydrogen-bond acceptors (Lipinski definition) is 2. The summed E-state index contributed by atoms with van der Waals surface area (Å²) >= 11 is 8.54. The van der Waals surface area contributed by atoms with E-state index in [2.05, 4.69) is 42.9 Å². The zero-order chi connectivity index (χ0) is 8.55. The molecule has 12 heavy (non-hydrogen) atoms. The molecule has 4 heteroatoms. The van der Waals surface area contributed by atoms with Crippen molar-refractivity contribution in [1.82, 2.24) is 4.98 Å². The molecule has 0 saturated heterocycles. The molecule has 2 aromatic rings. The molecule has 0 radical (unpaired) electrons. The van der Waals surface area contributed by atoms with Crippen molar-refractivity contribution < 1.29 is 0 Å². The van der Waals surface area contributed by atoms with Gasteiger partial charge >= 0.3 is 0 Å².